The zero-order chi connectivity index (χ0) is 21.6. The molecule has 31 heavy (non-hydrogen) atoms. The second-order valence-electron chi connectivity index (χ2n) is 7.41. The molecule has 0 amide bonds. The summed E-state index contributed by atoms with van der Waals surface area (Å²) in [4.78, 5) is 2.23. The lowest BCUT2D eigenvalue weighted by atomic mass is 10.2. The average Bonchev–Trinajstić information content (AvgIpc) is 3.35. The maximum absolute atomic E-state index is 6.28. The molecule has 0 aromatic heterocycles. The van der Waals surface area contributed by atoms with E-state index in [2.05, 4.69) is 17.3 Å². The van der Waals surface area contributed by atoms with E-state index in [1.165, 1.54) is 6.42 Å². The number of rotatable bonds is 8. The van der Waals surface area contributed by atoms with Gasteiger partial charge in [-0.05, 0) is 80.1 Å². The second-order valence-corrected chi connectivity index (χ2v) is 7.41. The Balaban J connectivity index is 1.61. The van der Waals surface area contributed by atoms with Crippen LogP contribution >= 0.6 is 0 Å². The van der Waals surface area contributed by atoms with Crippen LogP contribution in [0.4, 0.5) is 5.69 Å². The highest BCUT2D eigenvalue weighted by molar-refractivity contribution is 5.62. The average molecular weight is 421 g/mol. The molecule has 1 fully saturated rings. The van der Waals surface area contributed by atoms with E-state index in [0.717, 1.165) is 47.4 Å². The Morgan fingerprint density at radius 2 is 1.29 bits per heavy atom. The first-order valence-corrected chi connectivity index (χ1v) is 10.4. The standard InChI is InChI=1S/C25H28N2O4/c1-27(25-5-4-16-26-25)23-15-14-22(30-20-10-6-18(28-2)7-11-20)17-24(23)31-21-12-8-19(29-3)9-13-21/h6-15,17,25-26H,4-5,16H2,1-3H3/t25-/m0/s1. The fourth-order valence-corrected chi connectivity index (χ4v) is 3.65. The van der Waals surface area contributed by atoms with Gasteiger partial charge in [0.1, 0.15) is 28.7 Å². The van der Waals surface area contributed by atoms with Gasteiger partial charge in [0, 0.05) is 13.1 Å². The van der Waals surface area contributed by atoms with Gasteiger partial charge in [0.2, 0.25) is 0 Å². The molecule has 1 N–H and O–H groups in total. The van der Waals surface area contributed by atoms with Gasteiger partial charge < -0.3 is 23.8 Å². The molecule has 6 heteroatoms. The zero-order valence-electron chi connectivity index (χ0n) is 18.1. The Kier molecular flexibility index (Phi) is 6.48. The molecule has 1 aliphatic heterocycles. The van der Waals surface area contributed by atoms with Crippen molar-refractivity contribution in [3.63, 3.8) is 0 Å². The first-order chi connectivity index (χ1) is 15.2. The highest BCUT2D eigenvalue weighted by atomic mass is 16.5. The van der Waals surface area contributed by atoms with Crippen molar-refractivity contribution in [3.05, 3.63) is 66.7 Å². The SMILES string of the molecule is COc1ccc(Oc2ccc(N(C)[C@H]3CCCN3)c(Oc3ccc(OC)cc3)c2)cc1. The van der Waals surface area contributed by atoms with Crippen LogP contribution in [0.25, 0.3) is 0 Å². The fourth-order valence-electron chi connectivity index (χ4n) is 3.65. The number of nitrogens with zero attached hydrogens (tertiary/aromatic N) is 1. The highest BCUT2D eigenvalue weighted by Crippen LogP contribution is 2.38. The van der Waals surface area contributed by atoms with E-state index in [9.17, 15) is 0 Å². The molecular formula is C25H28N2O4. The smallest absolute Gasteiger partial charge is 0.154 e. The molecule has 0 radical (unpaired) electrons. The number of methoxy groups -OCH3 is 2. The van der Waals surface area contributed by atoms with Crippen LogP contribution in [0.2, 0.25) is 0 Å². The topological polar surface area (TPSA) is 52.2 Å². The number of anilines is 1. The summed E-state index contributed by atoms with van der Waals surface area (Å²) in [6, 6.07) is 21.0. The van der Waals surface area contributed by atoms with Crippen molar-refractivity contribution in [1.29, 1.82) is 0 Å². The minimum Gasteiger partial charge on any atom is -0.497 e. The molecule has 4 rings (SSSR count). The summed E-state index contributed by atoms with van der Waals surface area (Å²) in [5, 5.41) is 3.54. The van der Waals surface area contributed by atoms with Crippen molar-refractivity contribution in [3.8, 4) is 34.5 Å². The maximum atomic E-state index is 6.28. The van der Waals surface area contributed by atoms with Gasteiger partial charge in [-0.1, -0.05) is 0 Å². The van der Waals surface area contributed by atoms with E-state index < -0.39 is 0 Å². The molecule has 1 atom stereocenters. The van der Waals surface area contributed by atoms with Crippen LogP contribution in [0, 0.1) is 0 Å². The van der Waals surface area contributed by atoms with Crippen LogP contribution in [0.3, 0.4) is 0 Å². The summed E-state index contributed by atoms with van der Waals surface area (Å²) < 4.78 is 22.8. The van der Waals surface area contributed by atoms with Crippen LogP contribution in [0.1, 0.15) is 12.8 Å². The second kappa shape index (κ2) is 9.62. The molecule has 1 saturated heterocycles. The Bertz CT molecular complexity index is 983. The van der Waals surface area contributed by atoms with Crippen LogP contribution in [-0.4, -0.2) is 34.0 Å². The molecule has 3 aromatic carbocycles. The Morgan fingerprint density at radius 3 is 1.84 bits per heavy atom. The van der Waals surface area contributed by atoms with E-state index in [1.54, 1.807) is 14.2 Å². The molecule has 0 spiro atoms. The quantitative estimate of drug-likeness (QED) is 0.524. The van der Waals surface area contributed by atoms with Crippen molar-refractivity contribution >= 4 is 5.69 Å². The lowest BCUT2D eigenvalue weighted by Gasteiger charge is -2.28. The van der Waals surface area contributed by atoms with Gasteiger partial charge in [-0.2, -0.15) is 0 Å². The molecule has 0 unspecified atom stereocenters. The number of benzene rings is 3. The molecule has 0 bridgehead atoms. The van der Waals surface area contributed by atoms with Gasteiger partial charge in [-0.3, -0.25) is 5.32 Å². The van der Waals surface area contributed by atoms with Crippen molar-refractivity contribution in [2.45, 2.75) is 19.0 Å². The van der Waals surface area contributed by atoms with Crippen LogP contribution in [0.5, 0.6) is 34.5 Å². The molecule has 0 saturated carbocycles. The highest BCUT2D eigenvalue weighted by Gasteiger charge is 2.22. The maximum Gasteiger partial charge on any atom is 0.154 e. The van der Waals surface area contributed by atoms with Gasteiger partial charge in [-0.15, -0.1) is 0 Å². The van der Waals surface area contributed by atoms with Crippen LogP contribution < -0.4 is 29.2 Å². The molecule has 6 nitrogen and oxygen atoms in total. The predicted molar refractivity (Wildman–Crippen MR) is 122 cm³/mol. The summed E-state index contributed by atoms with van der Waals surface area (Å²) in [6.45, 7) is 1.03. The van der Waals surface area contributed by atoms with Gasteiger partial charge in [0.15, 0.2) is 5.75 Å². The van der Waals surface area contributed by atoms with Crippen LogP contribution in [-0.2, 0) is 0 Å². The molecule has 0 aliphatic carbocycles. The Labute approximate surface area is 183 Å². The van der Waals surface area contributed by atoms with Gasteiger partial charge in [0.25, 0.3) is 0 Å². The molecular weight excluding hydrogens is 392 g/mol. The van der Waals surface area contributed by atoms with E-state index in [0.29, 0.717) is 5.75 Å². The van der Waals surface area contributed by atoms with Gasteiger partial charge >= 0.3 is 0 Å². The first kappa shape index (κ1) is 20.9. The fraction of sp³-hybridized carbons (Fsp3) is 0.280. The summed E-state index contributed by atoms with van der Waals surface area (Å²) >= 11 is 0. The normalized spacial score (nSPS) is 15.4. The van der Waals surface area contributed by atoms with E-state index in [4.69, 9.17) is 18.9 Å². The van der Waals surface area contributed by atoms with Crippen LogP contribution in [0.15, 0.2) is 66.7 Å². The molecule has 1 aliphatic rings. The number of hydrogen-bond acceptors (Lipinski definition) is 6. The molecule has 3 aromatic rings. The lowest BCUT2D eigenvalue weighted by Crippen LogP contribution is -2.39. The number of ether oxygens (including phenoxy) is 4. The molecule has 1 heterocycles. The summed E-state index contributed by atoms with van der Waals surface area (Å²) in [5.41, 5.74) is 0.997. The number of nitrogens with one attached hydrogen (secondary N) is 1. The predicted octanol–water partition coefficient (Wildman–Crippen LogP) is 5.43. The summed E-state index contributed by atoms with van der Waals surface area (Å²) in [6.07, 6.45) is 2.55. The third-order valence-electron chi connectivity index (χ3n) is 5.40. The Morgan fingerprint density at radius 1 is 0.742 bits per heavy atom. The minimum absolute atomic E-state index is 0.284. The number of hydrogen-bond donors (Lipinski definition) is 1. The van der Waals surface area contributed by atoms with Crippen molar-refractivity contribution in [1.82, 2.24) is 5.32 Å². The van der Waals surface area contributed by atoms with E-state index in [-0.39, 0.29) is 6.17 Å². The minimum atomic E-state index is 0.284. The third-order valence-corrected chi connectivity index (χ3v) is 5.40. The van der Waals surface area contributed by atoms with Crippen molar-refractivity contribution in [2.24, 2.45) is 0 Å². The Hall–Kier alpha value is -3.38. The zero-order valence-corrected chi connectivity index (χ0v) is 18.1. The van der Waals surface area contributed by atoms with E-state index in [1.807, 2.05) is 66.7 Å². The van der Waals surface area contributed by atoms with Crippen molar-refractivity contribution in [2.75, 3.05) is 32.7 Å². The lowest BCUT2D eigenvalue weighted by molar-refractivity contribution is 0.412. The molecule has 162 valence electrons. The largest absolute Gasteiger partial charge is 0.497 e. The van der Waals surface area contributed by atoms with Gasteiger partial charge in [-0.25, -0.2) is 0 Å². The summed E-state index contributed by atoms with van der Waals surface area (Å²) in [5.74, 6) is 4.47. The third kappa shape index (κ3) is 5.03. The van der Waals surface area contributed by atoms with Gasteiger partial charge in [0.05, 0.1) is 26.1 Å². The monoisotopic (exact) mass is 420 g/mol. The first-order valence-electron chi connectivity index (χ1n) is 10.4. The summed E-state index contributed by atoms with van der Waals surface area (Å²) in [7, 11) is 5.38. The van der Waals surface area contributed by atoms with Crippen molar-refractivity contribution < 1.29 is 18.9 Å². The van der Waals surface area contributed by atoms with E-state index >= 15 is 0 Å².